The highest BCUT2D eigenvalue weighted by molar-refractivity contribution is 9.11. The van der Waals surface area contributed by atoms with Crippen LogP contribution in [-0.4, -0.2) is 6.54 Å². The molecule has 1 N–H and O–H groups in total. The molecule has 86 valence electrons. The topological polar surface area (TPSA) is 25.2 Å². The first kappa shape index (κ1) is 11.9. The lowest BCUT2D eigenvalue weighted by atomic mass is 10.3. The fourth-order valence-corrected chi connectivity index (χ4v) is 3.09. The Labute approximate surface area is 108 Å². The minimum absolute atomic E-state index is 0.928. The van der Waals surface area contributed by atoms with Crippen molar-refractivity contribution in [2.24, 2.45) is 0 Å². The molecule has 0 radical (unpaired) electrons. The number of halogens is 1. The van der Waals surface area contributed by atoms with Crippen LogP contribution in [0.1, 0.15) is 16.2 Å². The molecule has 0 fully saturated rings. The molecule has 2 nitrogen and oxygen atoms in total. The highest BCUT2D eigenvalue weighted by Crippen LogP contribution is 2.26. The van der Waals surface area contributed by atoms with Gasteiger partial charge < -0.3 is 9.73 Å². The molecule has 0 aromatic carbocycles. The molecule has 2 heterocycles. The molecule has 0 unspecified atom stereocenters. The second kappa shape index (κ2) is 5.66. The Balaban J connectivity index is 1.72. The minimum Gasteiger partial charge on any atom is -0.469 e. The summed E-state index contributed by atoms with van der Waals surface area (Å²) in [5.74, 6) is 1.04. The fraction of sp³-hybridized carbons (Fsp3) is 0.333. The second-order valence-corrected chi connectivity index (χ2v) is 6.13. The molecule has 0 aliphatic rings. The maximum atomic E-state index is 5.26. The van der Waals surface area contributed by atoms with Gasteiger partial charge in [-0.15, -0.1) is 11.3 Å². The first-order valence-electron chi connectivity index (χ1n) is 5.23. The largest absolute Gasteiger partial charge is 0.469 e. The van der Waals surface area contributed by atoms with E-state index in [9.17, 15) is 0 Å². The molecule has 0 bridgehead atoms. The van der Waals surface area contributed by atoms with Gasteiger partial charge in [0.1, 0.15) is 5.76 Å². The van der Waals surface area contributed by atoms with E-state index in [1.807, 2.05) is 12.1 Å². The van der Waals surface area contributed by atoms with Crippen LogP contribution in [0.25, 0.3) is 0 Å². The molecule has 0 atom stereocenters. The van der Waals surface area contributed by atoms with Gasteiger partial charge in [0.25, 0.3) is 0 Å². The molecule has 0 saturated heterocycles. The van der Waals surface area contributed by atoms with Gasteiger partial charge in [-0.25, -0.2) is 0 Å². The van der Waals surface area contributed by atoms with Crippen LogP contribution in [0.3, 0.4) is 0 Å². The summed E-state index contributed by atoms with van der Waals surface area (Å²) >= 11 is 5.33. The van der Waals surface area contributed by atoms with Crippen LogP contribution in [0, 0.1) is 6.92 Å². The molecule has 0 amide bonds. The van der Waals surface area contributed by atoms with E-state index in [1.165, 1.54) is 14.2 Å². The Hall–Kier alpha value is -0.580. The monoisotopic (exact) mass is 299 g/mol. The van der Waals surface area contributed by atoms with E-state index in [-0.39, 0.29) is 0 Å². The van der Waals surface area contributed by atoms with Crippen molar-refractivity contribution in [1.29, 1.82) is 0 Å². The maximum Gasteiger partial charge on any atom is 0.105 e. The number of hydrogen-bond donors (Lipinski definition) is 1. The molecule has 2 aromatic rings. The zero-order chi connectivity index (χ0) is 11.4. The van der Waals surface area contributed by atoms with Crippen LogP contribution in [-0.2, 0) is 13.0 Å². The molecule has 0 aliphatic carbocycles. The predicted molar refractivity (Wildman–Crippen MR) is 70.9 cm³/mol. The van der Waals surface area contributed by atoms with Crippen LogP contribution >= 0.6 is 27.3 Å². The normalized spacial score (nSPS) is 10.9. The smallest absolute Gasteiger partial charge is 0.105 e. The van der Waals surface area contributed by atoms with Crippen molar-refractivity contribution >= 4 is 27.3 Å². The van der Waals surface area contributed by atoms with E-state index in [0.717, 1.165) is 25.3 Å². The van der Waals surface area contributed by atoms with E-state index >= 15 is 0 Å². The van der Waals surface area contributed by atoms with Crippen LogP contribution in [0.15, 0.2) is 32.7 Å². The number of furan rings is 1. The molecular weight excluding hydrogens is 286 g/mol. The SMILES string of the molecule is Cc1cc(CNCCc2ccco2)sc1Br. The Bertz CT molecular complexity index is 416. The summed E-state index contributed by atoms with van der Waals surface area (Å²) < 4.78 is 6.50. The van der Waals surface area contributed by atoms with Gasteiger partial charge in [-0.3, -0.25) is 0 Å². The Kier molecular flexibility index (Phi) is 4.21. The van der Waals surface area contributed by atoms with Crippen LogP contribution in [0.5, 0.6) is 0 Å². The third-order valence-electron chi connectivity index (χ3n) is 2.34. The van der Waals surface area contributed by atoms with Gasteiger partial charge in [0, 0.05) is 24.4 Å². The summed E-state index contributed by atoms with van der Waals surface area (Å²) in [5, 5.41) is 3.41. The summed E-state index contributed by atoms with van der Waals surface area (Å²) in [5.41, 5.74) is 1.31. The quantitative estimate of drug-likeness (QED) is 0.851. The molecule has 4 heteroatoms. The van der Waals surface area contributed by atoms with Crippen molar-refractivity contribution in [2.45, 2.75) is 19.9 Å². The van der Waals surface area contributed by atoms with Crippen LogP contribution in [0.4, 0.5) is 0 Å². The number of aryl methyl sites for hydroxylation is 1. The summed E-state index contributed by atoms with van der Waals surface area (Å²) in [6.45, 7) is 3.99. The Morgan fingerprint density at radius 3 is 3.00 bits per heavy atom. The Morgan fingerprint density at radius 2 is 2.38 bits per heavy atom. The van der Waals surface area contributed by atoms with Gasteiger partial charge in [0.15, 0.2) is 0 Å². The van der Waals surface area contributed by atoms with Crippen molar-refractivity contribution in [1.82, 2.24) is 5.32 Å². The van der Waals surface area contributed by atoms with E-state index in [4.69, 9.17) is 4.42 Å². The van der Waals surface area contributed by atoms with Gasteiger partial charge in [0.2, 0.25) is 0 Å². The zero-order valence-electron chi connectivity index (χ0n) is 9.13. The number of hydrogen-bond acceptors (Lipinski definition) is 3. The third kappa shape index (κ3) is 3.20. The van der Waals surface area contributed by atoms with E-state index in [1.54, 1.807) is 17.6 Å². The van der Waals surface area contributed by atoms with Crippen molar-refractivity contribution in [3.8, 4) is 0 Å². The highest BCUT2D eigenvalue weighted by Gasteiger charge is 2.02. The lowest BCUT2D eigenvalue weighted by Gasteiger charge is -2.00. The zero-order valence-corrected chi connectivity index (χ0v) is 11.5. The van der Waals surface area contributed by atoms with E-state index in [0.29, 0.717) is 0 Å². The predicted octanol–water partition coefficient (Wildman–Crippen LogP) is 3.74. The van der Waals surface area contributed by atoms with Gasteiger partial charge in [-0.1, -0.05) is 0 Å². The maximum absolute atomic E-state index is 5.26. The van der Waals surface area contributed by atoms with Crippen molar-refractivity contribution in [3.63, 3.8) is 0 Å². The van der Waals surface area contributed by atoms with Crippen molar-refractivity contribution in [2.75, 3.05) is 6.54 Å². The number of rotatable bonds is 5. The first-order chi connectivity index (χ1) is 7.75. The van der Waals surface area contributed by atoms with Gasteiger partial charge in [-0.2, -0.15) is 0 Å². The minimum atomic E-state index is 0.928. The molecule has 16 heavy (non-hydrogen) atoms. The molecule has 0 saturated carbocycles. The highest BCUT2D eigenvalue weighted by atomic mass is 79.9. The summed E-state index contributed by atoms with van der Waals surface area (Å²) in [6.07, 6.45) is 2.66. The molecule has 2 rings (SSSR count). The standard InChI is InChI=1S/C12H14BrNOS/c1-9-7-11(16-12(9)13)8-14-5-4-10-3-2-6-15-10/h2-3,6-7,14H,4-5,8H2,1H3. The molecule has 0 spiro atoms. The number of thiophene rings is 1. The average Bonchev–Trinajstić information content (AvgIpc) is 2.85. The summed E-state index contributed by atoms with van der Waals surface area (Å²) in [4.78, 5) is 1.36. The number of nitrogens with one attached hydrogen (secondary N) is 1. The second-order valence-electron chi connectivity index (χ2n) is 3.68. The van der Waals surface area contributed by atoms with Crippen molar-refractivity contribution < 1.29 is 4.42 Å². The average molecular weight is 300 g/mol. The third-order valence-corrected chi connectivity index (χ3v) is 4.47. The van der Waals surface area contributed by atoms with Crippen molar-refractivity contribution in [3.05, 3.63) is 44.4 Å². The summed E-state index contributed by atoms with van der Waals surface area (Å²) in [7, 11) is 0. The summed E-state index contributed by atoms with van der Waals surface area (Å²) in [6, 6.07) is 6.15. The molecule has 2 aromatic heterocycles. The lowest BCUT2D eigenvalue weighted by Crippen LogP contribution is -2.15. The van der Waals surface area contributed by atoms with E-state index in [2.05, 4.69) is 34.2 Å². The molecular formula is C12H14BrNOS. The van der Waals surface area contributed by atoms with E-state index < -0.39 is 0 Å². The van der Waals surface area contributed by atoms with Gasteiger partial charge >= 0.3 is 0 Å². The fourth-order valence-electron chi connectivity index (χ4n) is 1.49. The van der Waals surface area contributed by atoms with Crippen LogP contribution in [0.2, 0.25) is 0 Å². The molecule has 0 aliphatic heterocycles. The van der Waals surface area contributed by atoms with Gasteiger partial charge in [0.05, 0.1) is 10.0 Å². The lowest BCUT2D eigenvalue weighted by molar-refractivity contribution is 0.499. The van der Waals surface area contributed by atoms with Gasteiger partial charge in [-0.05, 0) is 46.6 Å². The Morgan fingerprint density at radius 1 is 1.50 bits per heavy atom. The first-order valence-corrected chi connectivity index (χ1v) is 6.84. The van der Waals surface area contributed by atoms with Crippen LogP contribution < -0.4 is 5.32 Å².